The summed E-state index contributed by atoms with van der Waals surface area (Å²) in [6.07, 6.45) is 13.0. The second-order valence-corrected chi connectivity index (χ2v) is 21.2. The van der Waals surface area contributed by atoms with Crippen molar-refractivity contribution >= 4 is 63.3 Å². The maximum atomic E-state index is 6.14. The molecule has 6 aromatic rings. The zero-order valence-electron chi connectivity index (χ0n) is 41.9. The summed E-state index contributed by atoms with van der Waals surface area (Å²) in [5.41, 5.74) is 11.0. The molecular weight excluding hydrogens is 959 g/mol. The maximum absolute atomic E-state index is 6.14. The van der Waals surface area contributed by atoms with E-state index in [4.69, 9.17) is 9.31 Å². The first kappa shape index (κ1) is 53.8. The first-order valence-corrected chi connectivity index (χ1v) is 26.3. The molecule has 12 nitrogen and oxygen atoms in total. The average Bonchev–Trinajstić information content (AvgIpc) is 4.06. The third-order valence-corrected chi connectivity index (χ3v) is 16.0. The number of hydrogen-bond donors (Lipinski definition) is 2. The molecule has 378 valence electrons. The van der Waals surface area contributed by atoms with Crippen molar-refractivity contribution < 1.29 is 9.31 Å². The van der Waals surface area contributed by atoms with Crippen molar-refractivity contribution in [2.45, 2.75) is 97.7 Å². The average molecular weight is 1040 g/mol. The number of benzene rings is 2. The van der Waals surface area contributed by atoms with Crippen molar-refractivity contribution in [1.29, 1.82) is 0 Å². The summed E-state index contributed by atoms with van der Waals surface area (Å²) in [5.74, 6) is 1.41. The van der Waals surface area contributed by atoms with E-state index in [9.17, 15) is 0 Å². The molecule has 2 aromatic carbocycles. The lowest BCUT2D eigenvalue weighted by molar-refractivity contribution is 0.00578. The highest BCUT2D eigenvalue weighted by Crippen LogP contribution is 2.37. The molecule has 0 spiro atoms. The Bertz CT molecular complexity index is 2530. The normalized spacial score (nSPS) is 20.0. The molecule has 9 heterocycles. The summed E-state index contributed by atoms with van der Waals surface area (Å²) in [7, 11) is -0.254. The van der Waals surface area contributed by atoms with Crippen LogP contribution in [0.1, 0.15) is 97.6 Å². The zero-order chi connectivity index (χ0) is 47.3. The van der Waals surface area contributed by atoms with Gasteiger partial charge in [-0.25, -0.2) is 9.03 Å². The van der Waals surface area contributed by atoms with Gasteiger partial charge in [0.25, 0.3) is 0 Å². The van der Waals surface area contributed by atoms with Gasteiger partial charge < -0.3 is 39.5 Å². The number of nitrogens with one attached hydrogen (secondary N) is 2. The molecule has 0 saturated carbocycles. The van der Waals surface area contributed by atoms with Crippen LogP contribution in [-0.4, -0.2) is 139 Å². The number of piperidine rings is 2. The highest BCUT2D eigenvalue weighted by molar-refractivity contribution is 9.10. The number of halogens is 2. The van der Waals surface area contributed by atoms with Gasteiger partial charge >= 0.3 is 7.12 Å². The van der Waals surface area contributed by atoms with E-state index >= 15 is 0 Å². The van der Waals surface area contributed by atoms with Gasteiger partial charge in [0, 0.05) is 87.2 Å². The summed E-state index contributed by atoms with van der Waals surface area (Å²) in [6.45, 7) is 28.6. The van der Waals surface area contributed by atoms with Gasteiger partial charge in [-0.15, -0.1) is 12.4 Å². The van der Waals surface area contributed by atoms with Crippen LogP contribution in [0.5, 0.6) is 0 Å². The van der Waals surface area contributed by atoms with Crippen molar-refractivity contribution in [2.75, 3.05) is 101 Å². The predicted octanol–water partition coefficient (Wildman–Crippen LogP) is 9.36. The van der Waals surface area contributed by atoms with Crippen LogP contribution >= 0.6 is 28.3 Å². The number of piperazine rings is 2. The molecule has 0 radical (unpaired) electrons. The van der Waals surface area contributed by atoms with Crippen LogP contribution in [0, 0.1) is 0 Å². The molecule has 11 rings (SSSR count). The van der Waals surface area contributed by atoms with E-state index in [2.05, 4.69) is 177 Å². The van der Waals surface area contributed by atoms with Gasteiger partial charge in [-0.2, -0.15) is 10.2 Å². The molecule has 0 bridgehead atoms. The van der Waals surface area contributed by atoms with Crippen LogP contribution in [0.2, 0.25) is 0 Å². The van der Waals surface area contributed by atoms with Crippen LogP contribution in [0.3, 0.4) is 0 Å². The van der Waals surface area contributed by atoms with Gasteiger partial charge in [-0.05, 0) is 167 Å². The van der Waals surface area contributed by atoms with Crippen molar-refractivity contribution in [3.63, 3.8) is 0 Å². The van der Waals surface area contributed by atoms with E-state index in [1.165, 1.54) is 104 Å². The van der Waals surface area contributed by atoms with Crippen molar-refractivity contribution in [1.82, 2.24) is 39.7 Å². The molecule has 5 fully saturated rings. The van der Waals surface area contributed by atoms with Crippen molar-refractivity contribution in [2.24, 2.45) is 0 Å². The van der Waals surface area contributed by atoms with Gasteiger partial charge in [0.15, 0.2) is 0 Å². The molecule has 0 unspecified atom stereocenters. The Labute approximate surface area is 433 Å². The van der Waals surface area contributed by atoms with E-state index in [1.54, 1.807) is 0 Å². The van der Waals surface area contributed by atoms with E-state index < -0.39 is 0 Å². The van der Waals surface area contributed by atoms with Crippen LogP contribution in [0.4, 0.5) is 11.4 Å². The molecule has 5 aliphatic heterocycles. The van der Waals surface area contributed by atoms with Crippen LogP contribution in [-0.2, 0) is 9.31 Å². The highest BCUT2D eigenvalue weighted by atomic mass is 79.9. The van der Waals surface area contributed by atoms with E-state index in [0.717, 1.165) is 67.8 Å². The fourth-order valence-corrected chi connectivity index (χ4v) is 10.9. The SMILES string of the molecule is Brc1cc2c(N3CCNCC3)ccnn2c1.C.CCN1CCC(c2ccc(-c3cc4c(N5CCNCC5)ccnn4c3)cc2)CC1.CCN1CCC(c2ccc(B3OC(C)(C)C(C)(C)O3)cc2)CC1.Cl. The summed E-state index contributed by atoms with van der Waals surface area (Å²) in [4.78, 5) is 9.96. The highest BCUT2D eigenvalue weighted by Gasteiger charge is 2.51. The topological polar surface area (TPSA) is 90.1 Å². The fraction of sp³-hybridized carbons (Fsp3) is 0.527. The Morgan fingerprint density at radius 3 is 1.47 bits per heavy atom. The van der Waals surface area contributed by atoms with E-state index in [1.807, 2.05) is 27.6 Å². The minimum atomic E-state index is -0.274. The van der Waals surface area contributed by atoms with Gasteiger partial charge in [0.05, 0.1) is 33.6 Å². The number of hydrogen-bond acceptors (Lipinski definition) is 10. The summed E-state index contributed by atoms with van der Waals surface area (Å²) >= 11 is 3.49. The first-order valence-electron chi connectivity index (χ1n) is 25.5. The lowest BCUT2D eigenvalue weighted by Gasteiger charge is -2.32. The zero-order valence-corrected chi connectivity index (χ0v) is 44.3. The molecule has 5 saturated heterocycles. The Morgan fingerprint density at radius 1 is 0.586 bits per heavy atom. The number of aromatic nitrogens is 4. The first-order chi connectivity index (χ1) is 33.0. The standard InChI is InChI=1S/C24H31N5.C19H30BNO2.C11H13BrN4.CH4.ClH/c1-2-27-13-8-21(9-14-27)19-3-5-20(6-4-19)22-17-24-23(7-10-26-29(24)18-22)28-15-11-25-12-16-28;1-6-21-13-11-16(12-14-21)15-7-9-17(10-8-15)20-22-18(2,3)19(4,5)23-20;12-9-7-11-10(1-2-14-16(11)8-9)15-5-3-13-4-6-15;;/h3-7,10,17-18,21,25H,2,8-9,11-16H2,1H3;7-10,16H,6,11-14H2,1-5H3;1-2,7-8,13H,3-6H2;1H4;1H. The quantitative estimate of drug-likeness (QED) is 0.144. The van der Waals surface area contributed by atoms with Gasteiger partial charge in [0.2, 0.25) is 0 Å². The third-order valence-electron chi connectivity index (χ3n) is 15.6. The fourth-order valence-electron chi connectivity index (χ4n) is 10.5. The number of fused-ring (bicyclic) bond motifs is 2. The molecule has 15 heteroatoms. The maximum Gasteiger partial charge on any atom is 0.494 e. The molecule has 5 aliphatic rings. The number of likely N-dealkylation sites (tertiary alicyclic amines) is 2. The molecule has 4 aromatic heterocycles. The molecule has 0 amide bonds. The van der Waals surface area contributed by atoms with Crippen LogP contribution in [0.25, 0.3) is 22.2 Å². The van der Waals surface area contributed by atoms with Gasteiger partial charge in [0.1, 0.15) is 0 Å². The van der Waals surface area contributed by atoms with E-state index in [0.29, 0.717) is 11.8 Å². The molecule has 0 aliphatic carbocycles. The molecule has 0 atom stereocenters. The Kier molecular flexibility index (Phi) is 18.6. The molecule has 70 heavy (non-hydrogen) atoms. The second-order valence-electron chi connectivity index (χ2n) is 20.2. The second kappa shape index (κ2) is 24.2. The van der Waals surface area contributed by atoms with Crippen molar-refractivity contribution in [3.05, 3.63) is 113 Å². The minimum Gasteiger partial charge on any atom is -0.399 e. The van der Waals surface area contributed by atoms with Crippen molar-refractivity contribution in [3.8, 4) is 11.1 Å². The molecular formula is C55H79BBrClN10O2. The van der Waals surface area contributed by atoms with Crippen LogP contribution in [0.15, 0.2) is 102 Å². The lowest BCUT2D eigenvalue weighted by Crippen LogP contribution is -2.43. The third kappa shape index (κ3) is 12.4. The number of rotatable bonds is 8. The van der Waals surface area contributed by atoms with Crippen LogP contribution < -0.4 is 25.9 Å². The van der Waals surface area contributed by atoms with E-state index in [-0.39, 0.29) is 38.2 Å². The Morgan fingerprint density at radius 2 is 1.01 bits per heavy atom. The lowest BCUT2D eigenvalue weighted by atomic mass is 9.77. The Hall–Kier alpha value is -3.99. The number of nitrogens with zero attached hydrogens (tertiary/aromatic N) is 8. The smallest absolute Gasteiger partial charge is 0.399 e. The number of anilines is 2. The monoisotopic (exact) mass is 1040 g/mol. The minimum absolute atomic E-state index is 0. The predicted molar refractivity (Wildman–Crippen MR) is 298 cm³/mol. The summed E-state index contributed by atoms with van der Waals surface area (Å²) < 4.78 is 17.3. The summed E-state index contributed by atoms with van der Waals surface area (Å²) in [5, 5.41) is 15.7. The van der Waals surface area contributed by atoms with Gasteiger partial charge in [-0.1, -0.05) is 69.8 Å². The largest absolute Gasteiger partial charge is 0.494 e. The molecule has 2 N–H and O–H groups in total. The summed E-state index contributed by atoms with van der Waals surface area (Å²) in [6, 6.07) is 26.8. The van der Waals surface area contributed by atoms with Gasteiger partial charge in [-0.3, -0.25) is 0 Å². The Balaban J connectivity index is 0.000000159.